The molecule has 76 valence electrons. The van der Waals surface area contributed by atoms with Gasteiger partial charge in [0.15, 0.2) is 0 Å². The molecule has 0 aliphatic carbocycles. The molecule has 1 N–H and O–H groups in total. The fourth-order valence-corrected chi connectivity index (χ4v) is 2.11. The van der Waals surface area contributed by atoms with Gasteiger partial charge in [0.1, 0.15) is 0 Å². The van der Waals surface area contributed by atoms with E-state index in [1.54, 1.807) is 0 Å². The van der Waals surface area contributed by atoms with E-state index >= 15 is 0 Å². The van der Waals surface area contributed by atoms with E-state index in [4.69, 9.17) is 0 Å². The third kappa shape index (κ3) is 1.45. The van der Waals surface area contributed by atoms with Crippen LogP contribution in [0.25, 0.3) is 11.3 Å². The van der Waals surface area contributed by atoms with Gasteiger partial charge in [-0.2, -0.15) is 0 Å². The van der Waals surface area contributed by atoms with Gasteiger partial charge in [0, 0.05) is 49.0 Å². The van der Waals surface area contributed by atoms with Gasteiger partial charge in [0.25, 0.3) is 0 Å². The molecular formula is C12H13N3. The average Bonchev–Trinajstić information content (AvgIpc) is 2.74. The second-order valence-electron chi connectivity index (χ2n) is 3.77. The van der Waals surface area contributed by atoms with E-state index < -0.39 is 0 Å². The smallest absolute Gasteiger partial charge is 0.0484 e. The summed E-state index contributed by atoms with van der Waals surface area (Å²) in [5.41, 5.74) is 3.92. The normalized spacial score (nSPS) is 14.9. The highest BCUT2D eigenvalue weighted by Crippen LogP contribution is 2.23. The zero-order chi connectivity index (χ0) is 10.1. The van der Waals surface area contributed by atoms with Crippen LogP contribution in [0.2, 0.25) is 0 Å². The third-order valence-electron chi connectivity index (χ3n) is 2.87. The van der Waals surface area contributed by atoms with Crippen molar-refractivity contribution >= 4 is 0 Å². The Kier molecular flexibility index (Phi) is 2.03. The Hall–Kier alpha value is -1.61. The van der Waals surface area contributed by atoms with Crippen LogP contribution in [0.5, 0.6) is 0 Å². The maximum atomic E-state index is 4.05. The van der Waals surface area contributed by atoms with Gasteiger partial charge in [-0.1, -0.05) is 0 Å². The molecule has 0 aromatic carbocycles. The Morgan fingerprint density at radius 3 is 2.87 bits per heavy atom. The molecule has 0 radical (unpaired) electrons. The van der Waals surface area contributed by atoms with E-state index in [-0.39, 0.29) is 0 Å². The van der Waals surface area contributed by atoms with Gasteiger partial charge < -0.3 is 9.88 Å². The first kappa shape index (κ1) is 8.68. The minimum atomic E-state index is 0.977. The summed E-state index contributed by atoms with van der Waals surface area (Å²) in [5, 5.41) is 3.37. The van der Waals surface area contributed by atoms with Crippen LogP contribution in [-0.2, 0) is 13.1 Å². The molecule has 1 aliphatic rings. The van der Waals surface area contributed by atoms with Crippen molar-refractivity contribution in [3.63, 3.8) is 0 Å². The van der Waals surface area contributed by atoms with Gasteiger partial charge in [-0.15, -0.1) is 0 Å². The second-order valence-corrected chi connectivity index (χ2v) is 3.77. The molecule has 3 rings (SSSR count). The quantitative estimate of drug-likeness (QED) is 0.757. The Morgan fingerprint density at radius 1 is 1.13 bits per heavy atom. The molecule has 0 fully saturated rings. The Balaban J connectivity index is 2.09. The van der Waals surface area contributed by atoms with Crippen molar-refractivity contribution in [1.29, 1.82) is 0 Å². The highest BCUT2D eigenvalue weighted by atomic mass is 15.1. The molecule has 2 aromatic heterocycles. The van der Waals surface area contributed by atoms with Crippen LogP contribution in [-0.4, -0.2) is 16.1 Å². The number of fused-ring (bicyclic) bond motifs is 1. The first-order chi connectivity index (χ1) is 7.45. The van der Waals surface area contributed by atoms with Gasteiger partial charge in [0.05, 0.1) is 0 Å². The van der Waals surface area contributed by atoms with Crippen molar-refractivity contribution in [2.45, 2.75) is 13.1 Å². The first-order valence-electron chi connectivity index (χ1n) is 5.25. The van der Waals surface area contributed by atoms with Crippen LogP contribution in [0.1, 0.15) is 5.69 Å². The predicted octanol–water partition coefficient (Wildman–Crippen LogP) is 1.65. The summed E-state index contributed by atoms with van der Waals surface area (Å²) in [6.45, 7) is 3.09. The summed E-state index contributed by atoms with van der Waals surface area (Å²) in [7, 11) is 0. The lowest BCUT2D eigenvalue weighted by atomic mass is 10.2. The molecule has 0 amide bonds. The SMILES string of the molecule is c1cc(-c2ccc3n2CCNC3)ccn1. The molecule has 0 unspecified atom stereocenters. The summed E-state index contributed by atoms with van der Waals surface area (Å²) in [4.78, 5) is 4.05. The molecular weight excluding hydrogens is 186 g/mol. The van der Waals surface area contributed by atoms with Crippen LogP contribution in [0.15, 0.2) is 36.7 Å². The van der Waals surface area contributed by atoms with Crippen LogP contribution in [0.3, 0.4) is 0 Å². The Labute approximate surface area is 88.8 Å². The van der Waals surface area contributed by atoms with Crippen molar-refractivity contribution in [3.05, 3.63) is 42.4 Å². The number of rotatable bonds is 1. The molecule has 3 heteroatoms. The minimum Gasteiger partial charge on any atom is -0.342 e. The van der Waals surface area contributed by atoms with Gasteiger partial charge in [0.2, 0.25) is 0 Å². The molecule has 1 aliphatic heterocycles. The van der Waals surface area contributed by atoms with Gasteiger partial charge >= 0.3 is 0 Å². The summed E-state index contributed by atoms with van der Waals surface area (Å²) < 4.78 is 2.38. The van der Waals surface area contributed by atoms with Gasteiger partial charge in [-0.3, -0.25) is 4.98 Å². The first-order valence-corrected chi connectivity index (χ1v) is 5.25. The summed E-state index contributed by atoms with van der Waals surface area (Å²) >= 11 is 0. The fourth-order valence-electron chi connectivity index (χ4n) is 2.11. The number of pyridine rings is 1. The van der Waals surface area contributed by atoms with Crippen molar-refractivity contribution in [1.82, 2.24) is 14.9 Å². The number of hydrogen-bond acceptors (Lipinski definition) is 2. The van der Waals surface area contributed by atoms with E-state index in [1.807, 2.05) is 12.4 Å². The number of aromatic nitrogens is 2. The number of nitrogens with zero attached hydrogens (tertiary/aromatic N) is 2. The van der Waals surface area contributed by atoms with E-state index in [2.05, 4.69) is 39.1 Å². The minimum absolute atomic E-state index is 0.977. The lowest BCUT2D eigenvalue weighted by molar-refractivity contribution is 0.520. The fraction of sp³-hybridized carbons (Fsp3) is 0.250. The topological polar surface area (TPSA) is 29.9 Å². The van der Waals surface area contributed by atoms with Crippen molar-refractivity contribution in [2.75, 3.05) is 6.54 Å². The molecule has 3 heterocycles. The third-order valence-corrected chi connectivity index (χ3v) is 2.87. The number of nitrogens with one attached hydrogen (secondary N) is 1. The standard InChI is InChI=1S/C12H13N3/c1-2-12(10-3-5-13-6-4-10)15-8-7-14-9-11(1)15/h1-6,14H,7-9H2. The van der Waals surface area contributed by atoms with E-state index in [0.717, 1.165) is 19.6 Å². The molecule has 0 atom stereocenters. The Bertz CT molecular complexity index is 459. The molecule has 15 heavy (non-hydrogen) atoms. The highest BCUT2D eigenvalue weighted by Gasteiger charge is 2.12. The lowest BCUT2D eigenvalue weighted by Crippen LogP contribution is -2.27. The predicted molar refractivity (Wildman–Crippen MR) is 59.4 cm³/mol. The van der Waals surface area contributed by atoms with E-state index in [0.29, 0.717) is 0 Å². The van der Waals surface area contributed by atoms with E-state index in [1.165, 1.54) is 17.0 Å². The van der Waals surface area contributed by atoms with Gasteiger partial charge in [-0.05, 0) is 24.3 Å². The zero-order valence-electron chi connectivity index (χ0n) is 8.48. The number of hydrogen-bond donors (Lipinski definition) is 1. The largest absolute Gasteiger partial charge is 0.342 e. The monoisotopic (exact) mass is 199 g/mol. The van der Waals surface area contributed by atoms with Crippen LogP contribution < -0.4 is 5.32 Å². The highest BCUT2D eigenvalue weighted by molar-refractivity contribution is 5.60. The summed E-state index contributed by atoms with van der Waals surface area (Å²) in [6, 6.07) is 8.51. The molecule has 2 aromatic rings. The maximum absolute atomic E-state index is 4.05. The average molecular weight is 199 g/mol. The summed E-state index contributed by atoms with van der Waals surface area (Å²) in [5.74, 6) is 0. The Morgan fingerprint density at radius 2 is 2.00 bits per heavy atom. The summed E-state index contributed by atoms with van der Waals surface area (Å²) in [6.07, 6.45) is 3.69. The van der Waals surface area contributed by atoms with Crippen molar-refractivity contribution in [3.8, 4) is 11.3 Å². The molecule has 3 nitrogen and oxygen atoms in total. The van der Waals surface area contributed by atoms with E-state index in [9.17, 15) is 0 Å². The van der Waals surface area contributed by atoms with Crippen LogP contribution >= 0.6 is 0 Å². The van der Waals surface area contributed by atoms with Gasteiger partial charge in [-0.25, -0.2) is 0 Å². The maximum Gasteiger partial charge on any atom is 0.0484 e. The molecule has 0 bridgehead atoms. The zero-order valence-corrected chi connectivity index (χ0v) is 8.48. The van der Waals surface area contributed by atoms with Crippen LogP contribution in [0.4, 0.5) is 0 Å². The lowest BCUT2D eigenvalue weighted by Gasteiger charge is -2.19. The second kappa shape index (κ2) is 3.51. The van der Waals surface area contributed by atoms with Crippen LogP contribution in [0, 0.1) is 0 Å². The molecule has 0 spiro atoms. The van der Waals surface area contributed by atoms with Crippen molar-refractivity contribution in [2.24, 2.45) is 0 Å². The van der Waals surface area contributed by atoms with Crippen molar-refractivity contribution < 1.29 is 0 Å². The molecule has 0 saturated carbocycles. The molecule has 0 saturated heterocycles.